The molecule has 0 spiro atoms. The predicted molar refractivity (Wildman–Crippen MR) is 69.4 cm³/mol. The summed E-state index contributed by atoms with van der Waals surface area (Å²) in [5, 5.41) is 13.1. The lowest BCUT2D eigenvalue weighted by Gasteiger charge is -2.55. The van der Waals surface area contributed by atoms with Crippen molar-refractivity contribution in [1.29, 1.82) is 0 Å². The molecule has 5 heteroatoms. The van der Waals surface area contributed by atoms with Gasteiger partial charge in [-0.15, -0.1) is 0 Å². The molecule has 0 unspecified atom stereocenters. The minimum atomic E-state index is -1.22. The Morgan fingerprint density at radius 3 is 2.15 bits per heavy atom. The lowest BCUT2D eigenvalue weighted by molar-refractivity contribution is -0.309. The van der Waals surface area contributed by atoms with Crippen molar-refractivity contribution in [1.82, 2.24) is 5.32 Å². The third-order valence-electron chi connectivity index (χ3n) is 5.27. The number of carbonyl (C=O) groups excluding carboxylic acids is 2. The summed E-state index contributed by atoms with van der Waals surface area (Å²) < 4.78 is 4.89. The molecule has 0 atom stereocenters. The van der Waals surface area contributed by atoms with Gasteiger partial charge < -0.3 is 20.0 Å². The van der Waals surface area contributed by atoms with E-state index in [0.717, 1.165) is 37.0 Å². The second-order valence-corrected chi connectivity index (χ2v) is 6.88. The Balaban J connectivity index is 1.48. The van der Waals surface area contributed by atoms with Crippen LogP contribution in [0.15, 0.2) is 0 Å². The van der Waals surface area contributed by atoms with E-state index in [1.165, 1.54) is 19.3 Å². The van der Waals surface area contributed by atoms with Gasteiger partial charge in [0.2, 0.25) is 5.91 Å². The Morgan fingerprint density at radius 1 is 1.10 bits per heavy atom. The van der Waals surface area contributed by atoms with Crippen LogP contribution in [0.4, 0.5) is 0 Å². The Morgan fingerprint density at radius 2 is 1.65 bits per heavy atom. The monoisotopic (exact) mass is 280 g/mol. The molecule has 4 saturated carbocycles. The molecule has 4 bridgehead atoms. The van der Waals surface area contributed by atoms with Gasteiger partial charge in [0.05, 0.1) is 19.2 Å². The quantitative estimate of drug-likeness (QED) is 0.699. The van der Waals surface area contributed by atoms with Crippen LogP contribution in [-0.2, 0) is 14.3 Å². The van der Waals surface area contributed by atoms with Crippen LogP contribution in [0.1, 0.15) is 38.5 Å². The lowest BCUT2D eigenvalue weighted by atomic mass is 9.49. The number of ether oxygens (including phenoxy) is 1. The predicted octanol–water partition coefficient (Wildman–Crippen LogP) is 0.0855. The van der Waals surface area contributed by atoms with Crippen molar-refractivity contribution >= 4 is 11.9 Å². The summed E-state index contributed by atoms with van der Waals surface area (Å²) in [6.45, 7) is 0.202. The molecule has 0 aromatic rings. The minimum Gasteiger partial charge on any atom is -0.548 e. The van der Waals surface area contributed by atoms with Crippen LogP contribution >= 0.6 is 0 Å². The molecule has 4 fully saturated rings. The number of aliphatic carboxylic acids is 1. The topological polar surface area (TPSA) is 78.5 Å². The van der Waals surface area contributed by atoms with Crippen LogP contribution in [0.25, 0.3) is 0 Å². The summed E-state index contributed by atoms with van der Waals surface area (Å²) in [5.74, 6) is 1.19. The summed E-state index contributed by atoms with van der Waals surface area (Å²) in [6, 6.07) is 0. The molecule has 0 radical (unpaired) electrons. The zero-order chi connectivity index (χ0) is 14.2. The fourth-order valence-electron chi connectivity index (χ4n) is 4.97. The number of amides is 1. The van der Waals surface area contributed by atoms with Crippen molar-refractivity contribution < 1.29 is 19.4 Å². The first kappa shape index (κ1) is 13.9. The zero-order valence-electron chi connectivity index (χ0n) is 11.7. The largest absolute Gasteiger partial charge is 0.548 e. The summed E-state index contributed by atoms with van der Waals surface area (Å²) in [6.07, 6.45) is 7.10. The molecule has 0 saturated heterocycles. The zero-order valence-corrected chi connectivity index (χ0v) is 11.7. The smallest absolute Gasteiger partial charge is 0.226 e. The van der Waals surface area contributed by atoms with E-state index in [0.29, 0.717) is 6.54 Å². The minimum absolute atomic E-state index is 0.136. The fraction of sp³-hybridized carbons (Fsp3) is 0.867. The summed E-state index contributed by atoms with van der Waals surface area (Å²) >= 11 is 0. The standard InChI is InChI=1S/C15H23NO4/c17-13(18)9-20-2-1-16-14(19)15-6-10-3-11(7-15)5-12(4-10)8-15/h10-12H,1-9H2,(H,16,19)(H,17,18)/p-1. The van der Waals surface area contributed by atoms with E-state index in [-0.39, 0.29) is 17.9 Å². The molecular weight excluding hydrogens is 258 g/mol. The number of carbonyl (C=O) groups is 2. The van der Waals surface area contributed by atoms with Crippen LogP contribution in [0.3, 0.4) is 0 Å². The van der Waals surface area contributed by atoms with Crippen molar-refractivity contribution in [3.8, 4) is 0 Å². The van der Waals surface area contributed by atoms with Gasteiger partial charge in [-0.2, -0.15) is 0 Å². The van der Waals surface area contributed by atoms with Gasteiger partial charge in [0, 0.05) is 12.0 Å². The van der Waals surface area contributed by atoms with Crippen molar-refractivity contribution in [3.63, 3.8) is 0 Å². The first-order valence-electron chi connectivity index (χ1n) is 7.63. The van der Waals surface area contributed by atoms with E-state index >= 15 is 0 Å². The van der Waals surface area contributed by atoms with E-state index in [1.54, 1.807) is 0 Å². The Labute approximate surface area is 119 Å². The molecule has 112 valence electrons. The molecule has 1 amide bonds. The number of rotatable bonds is 6. The number of hydrogen-bond acceptors (Lipinski definition) is 4. The summed E-state index contributed by atoms with van der Waals surface area (Å²) in [5.41, 5.74) is -0.136. The molecule has 0 aliphatic heterocycles. The highest BCUT2D eigenvalue weighted by Gasteiger charge is 2.54. The molecule has 20 heavy (non-hydrogen) atoms. The molecule has 4 rings (SSSR count). The molecule has 0 aromatic heterocycles. The maximum absolute atomic E-state index is 12.5. The van der Waals surface area contributed by atoms with Gasteiger partial charge in [-0.3, -0.25) is 4.79 Å². The van der Waals surface area contributed by atoms with Crippen molar-refractivity contribution in [2.24, 2.45) is 23.2 Å². The maximum Gasteiger partial charge on any atom is 0.226 e. The van der Waals surface area contributed by atoms with Crippen LogP contribution in [0.2, 0.25) is 0 Å². The summed E-state index contributed by atoms with van der Waals surface area (Å²) in [4.78, 5) is 22.7. The van der Waals surface area contributed by atoms with Gasteiger partial charge in [-0.25, -0.2) is 0 Å². The molecular formula is C15H22NO4-. The average Bonchev–Trinajstić information content (AvgIpc) is 2.36. The third kappa shape index (κ3) is 2.68. The Hall–Kier alpha value is -1.10. The summed E-state index contributed by atoms with van der Waals surface area (Å²) in [7, 11) is 0. The Kier molecular flexibility index (Phi) is 3.71. The molecule has 4 aliphatic rings. The van der Waals surface area contributed by atoms with E-state index < -0.39 is 12.6 Å². The number of hydrogen-bond donors (Lipinski definition) is 1. The van der Waals surface area contributed by atoms with Gasteiger partial charge in [-0.05, 0) is 56.3 Å². The van der Waals surface area contributed by atoms with E-state index in [1.807, 2.05) is 0 Å². The average molecular weight is 280 g/mol. The second-order valence-electron chi connectivity index (χ2n) is 6.88. The van der Waals surface area contributed by atoms with Gasteiger partial charge in [0.15, 0.2) is 0 Å². The molecule has 0 aromatic carbocycles. The van der Waals surface area contributed by atoms with Crippen LogP contribution in [0, 0.1) is 23.2 Å². The van der Waals surface area contributed by atoms with Crippen LogP contribution in [0.5, 0.6) is 0 Å². The Bertz CT molecular complexity index is 371. The van der Waals surface area contributed by atoms with E-state index in [9.17, 15) is 14.7 Å². The maximum atomic E-state index is 12.5. The molecule has 4 aliphatic carbocycles. The van der Waals surface area contributed by atoms with Gasteiger partial charge in [0.25, 0.3) is 0 Å². The lowest BCUT2D eigenvalue weighted by Crippen LogP contribution is -2.54. The molecule has 1 N–H and O–H groups in total. The van der Waals surface area contributed by atoms with E-state index in [2.05, 4.69) is 5.32 Å². The molecule has 0 heterocycles. The highest BCUT2D eigenvalue weighted by Crippen LogP contribution is 2.60. The van der Waals surface area contributed by atoms with Crippen molar-refractivity contribution in [2.75, 3.05) is 19.8 Å². The SMILES string of the molecule is O=C([O-])COCCNC(=O)C12CC3CC(CC(C3)C1)C2. The first-order valence-corrected chi connectivity index (χ1v) is 7.63. The van der Waals surface area contributed by atoms with Gasteiger partial charge in [-0.1, -0.05) is 0 Å². The van der Waals surface area contributed by atoms with Gasteiger partial charge >= 0.3 is 0 Å². The normalized spacial score (nSPS) is 37.9. The number of carboxylic acid groups (broad SMARTS) is 1. The van der Waals surface area contributed by atoms with Crippen molar-refractivity contribution in [3.05, 3.63) is 0 Å². The van der Waals surface area contributed by atoms with Crippen LogP contribution < -0.4 is 10.4 Å². The fourth-order valence-corrected chi connectivity index (χ4v) is 4.97. The molecule has 5 nitrogen and oxygen atoms in total. The third-order valence-corrected chi connectivity index (χ3v) is 5.27. The first-order chi connectivity index (χ1) is 9.57. The van der Waals surface area contributed by atoms with Crippen molar-refractivity contribution in [2.45, 2.75) is 38.5 Å². The highest BCUT2D eigenvalue weighted by molar-refractivity contribution is 5.83. The number of nitrogens with one attached hydrogen (secondary N) is 1. The van der Waals surface area contributed by atoms with E-state index in [4.69, 9.17) is 4.74 Å². The number of carboxylic acids is 1. The van der Waals surface area contributed by atoms with Gasteiger partial charge in [0.1, 0.15) is 0 Å². The second kappa shape index (κ2) is 5.35. The highest BCUT2D eigenvalue weighted by atomic mass is 16.5. The van der Waals surface area contributed by atoms with Crippen LogP contribution in [-0.4, -0.2) is 31.6 Å².